The molecule has 2 amide bonds. The molecule has 1 aliphatic rings. The number of aromatic amines is 1. The molecule has 1 aromatic heterocycles. The lowest BCUT2D eigenvalue weighted by atomic mass is 10.1. The molecule has 23 heavy (non-hydrogen) atoms. The third kappa shape index (κ3) is 3.15. The van der Waals surface area contributed by atoms with Gasteiger partial charge in [0.05, 0.1) is 24.2 Å². The van der Waals surface area contributed by atoms with E-state index in [9.17, 15) is 14.4 Å². The smallest absolute Gasteiger partial charge is 0.323 e. The average molecular weight is 316 g/mol. The van der Waals surface area contributed by atoms with Crippen molar-refractivity contribution >= 4 is 28.7 Å². The van der Waals surface area contributed by atoms with E-state index in [0.29, 0.717) is 12.2 Å². The van der Waals surface area contributed by atoms with E-state index in [1.165, 1.54) is 9.80 Å². The first-order valence-corrected chi connectivity index (χ1v) is 7.24. The second kappa shape index (κ2) is 6.07. The van der Waals surface area contributed by atoms with Crippen LogP contribution in [0.3, 0.4) is 0 Å². The minimum Gasteiger partial charge on any atom is -0.480 e. The molecule has 2 heterocycles. The summed E-state index contributed by atoms with van der Waals surface area (Å²) in [5.74, 6) is -1.58. The first-order chi connectivity index (χ1) is 11.0. The van der Waals surface area contributed by atoms with Gasteiger partial charge in [0.1, 0.15) is 6.54 Å². The minimum absolute atomic E-state index is 0.0851. The van der Waals surface area contributed by atoms with E-state index < -0.39 is 5.97 Å². The van der Waals surface area contributed by atoms with Crippen molar-refractivity contribution in [1.29, 1.82) is 0 Å². The number of hydrogen-bond donors (Lipinski definition) is 2. The fourth-order valence-electron chi connectivity index (χ4n) is 2.66. The normalized spacial score (nSPS) is 15.2. The maximum atomic E-state index is 12.4. The van der Waals surface area contributed by atoms with E-state index in [0.717, 1.165) is 10.9 Å². The van der Waals surface area contributed by atoms with Gasteiger partial charge in [-0.2, -0.15) is 5.10 Å². The van der Waals surface area contributed by atoms with Crippen LogP contribution < -0.4 is 0 Å². The summed E-state index contributed by atoms with van der Waals surface area (Å²) < 4.78 is 0. The number of nitrogens with one attached hydrogen (secondary N) is 1. The van der Waals surface area contributed by atoms with Crippen LogP contribution in [0.1, 0.15) is 5.69 Å². The Balaban J connectivity index is 1.65. The summed E-state index contributed by atoms with van der Waals surface area (Å²) in [7, 11) is 0. The third-order valence-corrected chi connectivity index (χ3v) is 3.87. The molecule has 0 radical (unpaired) electrons. The number of hydrogen-bond acceptors (Lipinski definition) is 4. The van der Waals surface area contributed by atoms with Crippen molar-refractivity contribution in [2.45, 2.75) is 6.42 Å². The van der Waals surface area contributed by atoms with Gasteiger partial charge in [-0.05, 0) is 6.07 Å². The summed E-state index contributed by atoms with van der Waals surface area (Å²) >= 11 is 0. The van der Waals surface area contributed by atoms with Gasteiger partial charge in [0.15, 0.2) is 0 Å². The number of H-pyrrole nitrogens is 1. The largest absolute Gasteiger partial charge is 0.480 e. The zero-order valence-corrected chi connectivity index (χ0v) is 12.4. The molecule has 8 heteroatoms. The van der Waals surface area contributed by atoms with Gasteiger partial charge in [-0.15, -0.1) is 0 Å². The predicted octanol–water partition coefficient (Wildman–Crippen LogP) is -0.139. The molecule has 8 nitrogen and oxygen atoms in total. The summed E-state index contributed by atoms with van der Waals surface area (Å²) in [5.41, 5.74) is 1.50. The van der Waals surface area contributed by atoms with Crippen LogP contribution in [0.2, 0.25) is 0 Å². The van der Waals surface area contributed by atoms with Crippen molar-refractivity contribution in [3.63, 3.8) is 0 Å². The molecule has 0 atom stereocenters. The lowest BCUT2D eigenvalue weighted by Gasteiger charge is -2.33. The maximum absolute atomic E-state index is 12.4. The number of rotatable bonds is 4. The Morgan fingerprint density at radius 1 is 1.26 bits per heavy atom. The van der Waals surface area contributed by atoms with Crippen molar-refractivity contribution < 1.29 is 19.5 Å². The van der Waals surface area contributed by atoms with E-state index in [4.69, 9.17) is 5.11 Å². The van der Waals surface area contributed by atoms with E-state index in [2.05, 4.69) is 10.2 Å². The van der Waals surface area contributed by atoms with Crippen LogP contribution in [0, 0.1) is 0 Å². The fourth-order valence-corrected chi connectivity index (χ4v) is 2.66. The number of carbonyl (C=O) groups is 3. The number of fused-ring (bicyclic) bond motifs is 1. The van der Waals surface area contributed by atoms with Crippen LogP contribution in [0.5, 0.6) is 0 Å². The van der Waals surface area contributed by atoms with Crippen LogP contribution in [0.15, 0.2) is 24.3 Å². The second-order valence-corrected chi connectivity index (χ2v) is 5.42. The Morgan fingerprint density at radius 2 is 2.04 bits per heavy atom. The predicted molar refractivity (Wildman–Crippen MR) is 80.6 cm³/mol. The fraction of sp³-hybridized carbons (Fsp3) is 0.333. The molecule has 2 N–H and O–H groups in total. The van der Waals surface area contributed by atoms with E-state index >= 15 is 0 Å². The van der Waals surface area contributed by atoms with Crippen LogP contribution in [-0.2, 0) is 20.8 Å². The average Bonchev–Trinajstić information content (AvgIpc) is 2.92. The molecule has 0 aliphatic carbocycles. The minimum atomic E-state index is -1.05. The molecule has 1 fully saturated rings. The highest BCUT2D eigenvalue weighted by Crippen LogP contribution is 2.16. The van der Waals surface area contributed by atoms with Gasteiger partial charge in [-0.3, -0.25) is 19.5 Å². The Labute approximate surface area is 131 Å². The van der Waals surface area contributed by atoms with Crippen LogP contribution in [-0.4, -0.2) is 69.1 Å². The Bertz CT molecular complexity index is 770. The summed E-state index contributed by atoms with van der Waals surface area (Å²) in [5, 5.41) is 16.6. The van der Waals surface area contributed by atoms with Crippen LogP contribution >= 0.6 is 0 Å². The van der Waals surface area contributed by atoms with Crippen molar-refractivity contribution in [3.05, 3.63) is 30.0 Å². The number of aliphatic carboxylic acids is 1. The molecule has 1 aromatic carbocycles. The third-order valence-electron chi connectivity index (χ3n) is 3.87. The summed E-state index contributed by atoms with van der Waals surface area (Å²) in [6, 6.07) is 7.49. The van der Waals surface area contributed by atoms with Crippen LogP contribution in [0.25, 0.3) is 10.9 Å². The lowest BCUT2D eigenvalue weighted by molar-refractivity contribution is -0.150. The van der Waals surface area contributed by atoms with Crippen LogP contribution in [0.4, 0.5) is 0 Å². The molecule has 0 bridgehead atoms. The molecule has 1 aliphatic heterocycles. The molecule has 0 saturated carbocycles. The number of piperazine rings is 1. The molecule has 120 valence electrons. The van der Waals surface area contributed by atoms with Crippen molar-refractivity contribution in [1.82, 2.24) is 20.0 Å². The first kappa shape index (κ1) is 15.0. The number of carbonyl (C=O) groups excluding carboxylic acids is 2. The summed E-state index contributed by atoms with van der Waals surface area (Å²) in [4.78, 5) is 37.7. The molecule has 3 rings (SSSR count). The van der Waals surface area contributed by atoms with E-state index in [-0.39, 0.29) is 37.9 Å². The Hall–Kier alpha value is -2.90. The number of aromatic nitrogens is 2. The second-order valence-electron chi connectivity index (χ2n) is 5.42. The van der Waals surface area contributed by atoms with E-state index in [1.54, 1.807) is 0 Å². The number of para-hydroxylation sites is 1. The highest BCUT2D eigenvalue weighted by atomic mass is 16.4. The molecular weight excluding hydrogens is 300 g/mol. The van der Waals surface area contributed by atoms with Crippen molar-refractivity contribution in [2.75, 3.05) is 26.2 Å². The zero-order chi connectivity index (χ0) is 16.4. The van der Waals surface area contributed by atoms with Gasteiger partial charge in [0, 0.05) is 18.5 Å². The standard InChI is InChI=1S/C15H16N4O4/c20-13(7-12-10-3-1-2-4-11(10)16-17-12)18-5-6-19(9-15(22)23)14(21)8-18/h1-4H,5-9H2,(H,16,17)(H,22,23). The maximum Gasteiger partial charge on any atom is 0.323 e. The molecule has 1 saturated heterocycles. The number of amides is 2. The van der Waals surface area contributed by atoms with Gasteiger partial charge in [-0.1, -0.05) is 18.2 Å². The summed E-state index contributed by atoms with van der Waals surface area (Å²) in [6.45, 7) is 0.161. The van der Waals surface area contributed by atoms with Crippen molar-refractivity contribution in [3.8, 4) is 0 Å². The van der Waals surface area contributed by atoms with Gasteiger partial charge >= 0.3 is 5.97 Å². The first-order valence-electron chi connectivity index (χ1n) is 7.24. The van der Waals surface area contributed by atoms with Crippen molar-refractivity contribution in [2.24, 2.45) is 0 Å². The molecule has 2 aromatic rings. The topological polar surface area (TPSA) is 107 Å². The van der Waals surface area contributed by atoms with Gasteiger partial charge in [0.25, 0.3) is 0 Å². The molecule has 0 spiro atoms. The Morgan fingerprint density at radius 3 is 2.78 bits per heavy atom. The molecule has 0 unspecified atom stereocenters. The van der Waals surface area contributed by atoms with Gasteiger partial charge in [0.2, 0.25) is 11.8 Å². The number of benzene rings is 1. The number of nitrogens with zero attached hydrogens (tertiary/aromatic N) is 3. The highest BCUT2D eigenvalue weighted by Gasteiger charge is 2.28. The van der Waals surface area contributed by atoms with Gasteiger partial charge in [-0.25, -0.2) is 0 Å². The molecular formula is C15H16N4O4. The number of carboxylic acids is 1. The number of carboxylic acid groups (broad SMARTS) is 1. The quantitative estimate of drug-likeness (QED) is 0.816. The zero-order valence-electron chi connectivity index (χ0n) is 12.4. The Kier molecular flexibility index (Phi) is 3.96. The summed E-state index contributed by atoms with van der Waals surface area (Å²) in [6.07, 6.45) is 0.132. The SMILES string of the molecule is O=C(O)CN1CCN(C(=O)Cc2[nH]nc3ccccc23)CC1=O. The lowest BCUT2D eigenvalue weighted by Crippen LogP contribution is -2.53. The monoisotopic (exact) mass is 316 g/mol. The highest BCUT2D eigenvalue weighted by molar-refractivity contribution is 5.91. The van der Waals surface area contributed by atoms with Gasteiger partial charge < -0.3 is 14.9 Å². The van der Waals surface area contributed by atoms with E-state index in [1.807, 2.05) is 24.3 Å².